The maximum absolute atomic E-state index is 12.4. The summed E-state index contributed by atoms with van der Waals surface area (Å²) in [5.74, 6) is 0.702. The number of piperidine rings is 1. The van der Waals surface area contributed by atoms with Crippen molar-refractivity contribution in [1.82, 2.24) is 20.4 Å². The Morgan fingerprint density at radius 1 is 1.50 bits per heavy atom. The van der Waals surface area contributed by atoms with Crippen LogP contribution >= 0.6 is 0 Å². The van der Waals surface area contributed by atoms with Crippen molar-refractivity contribution < 1.29 is 4.79 Å². The Kier molecular flexibility index (Phi) is 5.62. The first-order valence-corrected chi connectivity index (χ1v) is 8.49. The van der Waals surface area contributed by atoms with E-state index in [-0.39, 0.29) is 11.4 Å². The summed E-state index contributed by atoms with van der Waals surface area (Å²) in [6.07, 6.45) is 6.09. The topological polar surface area (TPSA) is 59.0 Å². The molecular formula is C17H30N4O. The van der Waals surface area contributed by atoms with Crippen LogP contribution in [0.5, 0.6) is 0 Å². The Morgan fingerprint density at radius 2 is 2.27 bits per heavy atom. The highest BCUT2D eigenvalue weighted by Gasteiger charge is 2.23. The van der Waals surface area contributed by atoms with E-state index in [1.807, 2.05) is 4.68 Å². The zero-order valence-corrected chi connectivity index (χ0v) is 14.4. The van der Waals surface area contributed by atoms with Crippen molar-refractivity contribution >= 4 is 5.91 Å². The molecular weight excluding hydrogens is 276 g/mol. The second-order valence-corrected chi connectivity index (χ2v) is 7.20. The molecule has 1 aliphatic rings. The van der Waals surface area contributed by atoms with E-state index < -0.39 is 0 Å². The molecule has 5 nitrogen and oxygen atoms in total. The first-order valence-electron chi connectivity index (χ1n) is 8.49. The third kappa shape index (κ3) is 4.09. The SMILES string of the molecule is CCc1c(C(=O)NCCC2CCCNC2)cnn1C(C)(C)C. The van der Waals surface area contributed by atoms with Crippen LogP contribution < -0.4 is 10.6 Å². The average molecular weight is 306 g/mol. The standard InChI is InChI=1S/C17H30N4O/c1-5-15-14(12-20-21(15)17(2,3)4)16(22)19-10-8-13-7-6-9-18-11-13/h12-13,18H,5-11H2,1-4H3,(H,19,22). The molecule has 1 fully saturated rings. The summed E-state index contributed by atoms with van der Waals surface area (Å²) >= 11 is 0. The van der Waals surface area contributed by atoms with Gasteiger partial charge < -0.3 is 10.6 Å². The maximum atomic E-state index is 12.4. The van der Waals surface area contributed by atoms with E-state index in [1.165, 1.54) is 12.8 Å². The van der Waals surface area contributed by atoms with E-state index >= 15 is 0 Å². The first kappa shape index (κ1) is 17.0. The van der Waals surface area contributed by atoms with Gasteiger partial charge in [-0.25, -0.2) is 0 Å². The molecule has 2 rings (SSSR count). The van der Waals surface area contributed by atoms with Crippen molar-refractivity contribution in [1.29, 1.82) is 0 Å². The van der Waals surface area contributed by atoms with Gasteiger partial charge in [0.05, 0.1) is 23.0 Å². The molecule has 1 atom stereocenters. The number of aromatic nitrogens is 2. The minimum Gasteiger partial charge on any atom is -0.352 e. The Balaban J connectivity index is 1.93. The zero-order valence-electron chi connectivity index (χ0n) is 14.4. The van der Waals surface area contributed by atoms with Gasteiger partial charge in [-0.05, 0) is 65.5 Å². The minimum absolute atomic E-state index is 0.0103. The highest BCUT2D eigenvalue weighted by molar-refractivity contribution is 5.95. The van der Waals surface area contributed by atoms with Gasteiger partial charge in [0.15, 0.2) is 0 Å². The van der Waals surface area contributed by atoms with Crippen LogP contribution in [0.2, 0.25) is 0 Å². The molecule has 1 saturated heterocycles. The average Bonchev–Trinajstić information content (AvgIpc) is 2.92. The van der Waals surface area contributed by atoms with Gasteiger partial charge in [-0.3, -0.25) is 9.48 Å². The highest BCUT2D eigenvalue weighted by Crippen LogP contribution is 2.20. The summed E-state index contributed by atoms with van der Waals surface area (Å²) in [7, 11) is 0. The van der Waals surface area contributed by atoms with E-state index in [4.69, 9.17) is 0 Å². The van der Waals surface area contributed by atoms with Crippen LogP contribution in [-0.2, 0) is 12.0 Å². The van der Waals surface area contributed by atoms with Crippen LogP contribution in [-0.4, -0.2) is 35.3 Å². The fraction of sp³-hybridized carbons (Fsp3) is 0.765. The predicted octanol–water partition coefficient (Wildman–Crippen LogP) is 2.32. The summed E-state index contributed by atoms with van der Waals surface area (Å²) in [6.45, 7) is 11.4. The lowest BCUT2D eigenvalue weighted by molar-refractivity contribution is 0.0949. The molecule has 1 aliphatic heterocycles. The number of nitrogens with one attached hydrogen (secondary N) is 2. The van der Waals surface area contributed by atoms with Gasteiger partial charge in [0, 0.05) is 6.54 Å². The molecule has 0 saturated carbocycles. The lowest BCUT2D eigenvalue weighted by atomic mass is 9.96. The molecule has 0 bridgehead atoms. The monoisotopic (exact) mass is 306 g/mol. The van der Waals surface area contributed by atoms with E-state index in [9.17, 15) is 4.79 Å². The van der Waals surface area contributed by atoms with E-state index in [0.717, 1.165) is 43.7 Å². The van der Waals surface area contributed by atoms with Crippen LogP contribution in [0.1, 0.15) is 63.0 Å². The molecule has 0 aliphatic carbocycles. The number of hydrogen-bond acceptors (Lipinski definition) is 3. The Morgan fingerprint density at radius 3 is 2.86 bits per heavy atom. The molecule has 1 unspecified atom stereocenters. The third-order valence-corrected chi connectivity index (χ3v) is 4.32. The van der Waals surface area contributed by atoms with Crippen molar-refractivity contribution in [3.05, 3.63) is 17.5 Å². The summed E-state index contributed by atoms with van der Waals surface area (Å²) in [5, 5.41) is 10.9. The lowest BCUT2D eigenvalue weighted by Crippen LogP contribution is -2.33. The lowest BCUT2D eigenvalue weighted by Gasteiger charge is -2.23. The van der Waals surface area contributed by atoms with Crippen LogP contribution in [0.25, 0.3) is 0 Å². The highest BCUT2D eigenvalue weighted by atomic mass is 16.1. The molecule has 1 amide bonds. The number of rotatable bonds is 5. The molecule has 1 aromatic rings. The largest absolute Gasteiger partial charge is 0.352 e. The smallest absolute Gasteiger partial charge is 0.254 e. The molecule has 1 aromatic heterocycles. The van der Waals surface area contributed by atoms with Crippen molar-refractivity contribution in [2.24, 2.45) is 5.92 Å². The fourth-order valence-corrected chi connectivity index (χ4v) is 3.14. The Labute approximate surface area is 133 Å². The van der Waals surface area contributed by atoms with Gasteiger partial charge in [-0.15, -0.1) is 0 Å². The third-order valence-electron chi connectivity index (χ3n) is 4.32. The molecule has 2 N–H and O–H groups in total. The minimum atomic E-state index is -0.0996. The summed E-state index contributed by atoms with van der Waals surface area (Å²) in [6, 6.07) is 0. The van der Waals surface area contributed by atoms with Gasteiger partial charge in [-0.2, -0.15) is 5.10 Å². The second kappa shape index (κ2) is 7.27. The van der Waals surface area contributed by atoms with Crippen LogP contribution in [0, 0.1) is 5.92 Å². The summed E-state index contributed by atoms with van der Waals surface area (Å²) < 4.78 is 1.97. The molecule has 2 heterocycles. The van der Waals surface area contributed by atoms with Crippen molar-refractivity contribution in [2.45, 2.75) is 58.9 Å². The number of carbonyl (C=O) groups is 1. The summed E-state index contributed by atoms with van der Waals surface area (Å²) in [5.41, 5.74) is 1.64. The first-order chi connectivity index (χ1) is 10.4. The Hall–Kier alpha value is -1.36. The molecule has 0 aromatic carbocycles. The molecule has 22 heavy (non-hydrogen) atoms. The normalized spacial score (nSPS) is 19.2. The van der Waals surface area contributed by atoms with Crippen LogP contribution in [0.3, 0.4) is 0 Å². The number of hydrogen-bond donors (Lipinski definition) is 2. The zero-order chi connectivity index (χ0) is 16.2. The molecule has 124 valence electrons. The van der Waals surface area contributed by atoms with Gasteiger partial charge in [0.2, 0.25) is 0 Å². The number of nitrogens with zero attached hydrogens (tertiary/aromatic N) is 2. The van der Waals surface area contributed by atoms with Crippen molar-refractivity contribution in [3.63, 3.8) is 0 Å². The van der Waals surface area contributed by atoms with Gasteiger partial charge in [0.1, 0.15) is 0 Å². The molecule has 0 spiro atoms. The van der Waals surface area contributed by atoms with E-state index in [0.29, 0.717) is 5.92 Å². The van der Waals surface area contributed by atoms with Crippen LogP contribution in [0.4, 0.5) is 0 Å². The second-order valence-electron chi connectivity index (χ2n) is 7.20. The van der Waals surface area contributed by atoms with Gasteiger partial charge in [-0.1, -0.05) is 6.92 Å². The predicted molar refractivity (Wildman–Crippen MR) is 89.1 cm³/mol. The maximum Gasteiger partial charge on any atom is 0.254 e. The quantitative estimate of drug-likeness (QED) is 0.878. The fourth-order valence-electron chi connectivity index (χ4n) is 3.14. The van der Waals surface area contributed by atoms with Crippen LogP contribution in [0.15, 0.2) is 6.20 Å². The van der Waals surface area contributed by atoms with Gasteiger partial charge >= 0.3 is 0 Å². The van der Waals surface area contributed by atoms with Gasteiger partial charge in [0.25, 0.3) is 5.91 Å². The summed E-state index contributed by atoms with van der Waals surface area (Å²) in [4.78, 5) is 12.4. The molecule has 5 heteroatoms. The van der Waals surface area contributed by atoms with Crippen molar-refractivity contribution in [3.8, 4) is 0 Å². The molecule has 0 radical (unpaired) electrons. The van der Waals surface area contributed by atoms with E-state index in [1.54, 1.807) is 6.20 Å². The van der Waals surface area contributed by atoms with E-state index in [2.05, 4.69) is 43.4 Å². The number of carbonyl (C=O) groups excluding carboxylic acids is 1. The Bertz CT molecular complexity index is 495. The van der Waals surface area contributed by atoms with Crippen molar-refractivity contribution in [2.75, 3.05) is 19.6 Å². The number of amides is 1.